The van der Waals surface area contributed by atoms with Crippen LogP contribution in [0.4, 0.5) is 4.79 Å². The van der Waals surface area contributed by atoms with Crippen molar-refractivity contribution in [3.8, 4) is 0 Å². The summed E-state index contributed by atoms with van der Waals surface area (Å²) in [6, 6.07) is 4.66. The number of Topliss-reactive ketones (excluding diaryl/α,β-unsaturated/α-hetero) is 1. The molecule has 1 atom stereocenters. The van der Waals surface area contributed by atoms with Crippen LogP contribution in [0.15, 0.2) is 18.2 Å². The number of amides is 2. The molecule has 1 aliphatic rings. The molecule has 0 radical (unpaired) electrons. The highest BCUT2D eigenvalue weighted by Gasteiger charge is 2.36. The lowest BCUT2D eigenvalue weighted by atomic mass is 9.98. The van der Waals surface area contributed by atoms with Crippen LogP contribution in [0.25, 0.3) is 0 Å². The molecule has 7 heteroatoms. The maximum Gasteiger partial charge on any atom is 0.407 e. The molecule has 1 heterocycles. The lowest BCUT2D eigenvalue weighted by Crippen LogP contribution is -2.44. The van der Waals surface area contributed by atoms with Crippen molar-refractivity contribution in [1.82, 2.24) is 10.2 Å². The van der Waals surface area contributed by atoms with Crippen LogP contribution in [-0.4, -0.2) is 47.4 Å². The Bertz CT molecular complexity index is 712. The van der Waals surface area contributed by atoms with Gasteiger partial charge in [0.2, 0.25) is 5.91 Å². The zero-order valence-corrected chi connectivity index (χ0v) is 16.4. The summed E-state index contributed by atoms with van der Waals surface area (Å²) in [5.74, 6) is -0.206. The molecule has 1 aliphatic heterocycles. The number of alkyl carbamates (subject to hydrolysis) is 1. The number of ether oxygens (including phenoxy) is 1. The Hall–Kier alpha value is -2.08. The van der Waals surface area contributed by atoms with Gasteiger partial charge in [0.1, 0.15) is 5.60 Å². The smallest absolute Gasteiger partial charge is 0.407 e. The summed E-state index contributed by atoms with van der Waals surface area (Å²) in [5.41, 5.74) is 0.656. The molecule has 2 amide bonds. The van der Waals surface area contributed by atoms with E-state index < -0.39 is 17.7 Å². The number of ketones is 1. The Morgan fingerprint density at radius 1 is 1.35 bits per heavy atom. The Balaban J connectivity index is 2.01. The highest BCUT2D eigenvalue weighted by molar-refractivity contribution is 6.32. The fourth-order valence-electron chi connectivity index (χ4n) is 2.93. The molecule has 1 saturated heterocycles. The Morgan fingerprint density at radius 2 is 2.04 bits per heavy atom. The number of carbonyl (C=O) groups is 3. The number of halogens is 1. The number of benzene rings is 1. The molecule has 1 N–H and O–H groups in total. The largest absolute Gasteiger partial charge is 0.444 e. The number of rotatable bonds is 5. The predicted molar refractivity (Wildman–Crippen MR) is 99.5 cm³/mol. The molecular formula is C19H25ClN2O4. The number of hydrogen-bond acceptors (Lipinski definition) is 4. The number of carbonyl (C=O) groups excluding carboxylic acids is 3. The van der Waals surface area contributed by atoms with E-state index in [1.807, 2.05) is 0 Å². The molecule has 0 aliphatic carbocycles. The first-order chi connectivity index (χ1) is 12.1. The molecule has 1 aromatic carbocycles. The van der Waals surface area contributed by atoms with E-state index in [2.05, 4.69) is 5.32 Å². The first-order valence-electron chi connectivity index (χ1n) is 8.66. The van der Waals surface area contributed by atoms with Gasteiger partial charge in [0.25, 0.3) is 0 Å². The van der Waals surface area contributed by atoms with Crippen LogP contribution in [0.5, 0.6) is 0 Å². The first kappa shape index (κ1) is 20.2. The van der Waals surface area contributed by atoms with Crippen molar-refractivity contribution >= 4 is 29.4 Å². The van der Waals surface area contributed by atoms with Gasteiger partial charge in [0, 0.05) is 30.1 Å². The lowest BCUT2D eigenvalue weighted by molar-refractivity contribution is -0.128. The first-order valence-corrected chi connectivity index (χ1v) is 9.03. The average molecular weight is 381 g/mol. The Kier molecular flexibility index (Phi) is 6.29. The number of likely N-dealkylation sites (tertiary alicyclic amines) is 1. The summed E-state index contributed by atoms with van der Waals surface area (Å²) in [6.07, 6.45) is 0.246. The summed E-state index contributed by atoms with van der Waals surface area (Å²) in [4.78, 5) is 38.3. The van der Waals surface area contributed by atoms with Crippen LogP contribution < -0.4 is 5.32 Å². The van der Waals surface area contributed by atoms with E-state index in [-0.39, 0.29) is 24.8 Å². The SMILES string of the molecule is Cc1c(Cl)cccc1C(=O)C1CCC(=O)N1CCNC(=O)OC(C)(C)C. The van der Waals surface area contributed by atoms with Crippen molar-refractivity contribution in [3.05, 3.63) is 34.3 Å². The Labute approximate surface area is 158 Å². The minimum atomic E-state index is -0.587. The molecule has 0 bridgehead atoms. The molecule has 1 unspecified atom stereocenters. The summed E-state index contributed by atoms with van der Waals surface area (Å²) >= 11 is 6.11. The van der Waals surface area contributed by atoms with E-state index in [0.29, 0.717) is 29.0 Å². The van der Waals surface area contributed by atoms with Gasteiger partial charge in [-0.1, -0.05) is 23.7 Å². The van der Waals surface area contributed by atoms with Crippen molar-refractivity contribution in [2.45, 2.75) is 52.2 Å². The average Bonchev–Trinajstić information content (AvgIpc) is 2.89. The van der Waals surface area contributed by atoms with Gasteiger partial charge in [0.15, 0.2) is 5.78 Å². The maximum absolute atomic E-state index is 12.9. The van der Waals surface area contributed by atoms with Crippen LogP contribution in [0.3, 0.4) is 0 Å². The van der Waals surface area contributed by atoms with Crippen LogP contribution >= 0.6 is 11.6 Å². The van der Waals surface area contributed by atoms with E-state index in [0.717, 1.165) is 0 Å². The number of nitrogens with one attached hydrogen (secondary N) is 1. The quantitative estimate of drug-likeness (QED) is 0.795. The van der Waals surface area contributed by atoms with Gasteiger partial charge in [-0.3, -0.25) is 9.59 Å². The summed E-state index contributed by atoms with van der Waals surface area (Å²) in [5, 5.41) is 3.15. The second-order valence-electron chi connectivity index (χ2n) is 7.35. The van der Waals surface area contributed by atoms with Gasteiger partial charge in [0.05, 0.1) is 6.04 Å². The molecule has 0 aromatic heterocycles. The molecule has 0 spiro atoms. The minimum absolute atomic E-state index is 0.0889. The van der Waals surface area contributed by atoms with Gasteiger partial charge in [-0.05, 0) is 45.7 Å². The third-order valence-electron chi connectivity index (χ3n) is 4.18. The van der Waals surface area contributed by atoms with Crippen LogP contribution in [0.1, 0.15) is 49.5 Å². The molecule has 0 saturated carbocycles. The van der Waals surface area contributed by atoms with Crippen molar-refractivity contribution in [1.29, 1.82) is 0 Å². The maximum atomic E-state index is 12.9. The van der Waals surface area contributed by atoms with E-state index in [1.165, 1.54) is 4.90 Å². The van der Waals surface area contributed by atoms with E-state index in [1.54, 1.807) is 45.9 Å². The predicted octanol–water partition coefficient (Wildman–Crippen LogP) is 3.35. The van der Waals surface area contributed by atoms with Gasteiger partial charge in [-0.2, -0.15) is 0 Å². The van der Waals surface area contributed by atoms with Crippen LogP contribution in [-0.2, 0) is 9.53 Å². The standard InChI is InChI=1S/C19H25ClN2O4/c1-12-13(6-5-7-14(12)20)17(24)15-8-9-16(23)22(15)11-10-21-18(25)26-19(2,3)4/h5-7,15H,8-11H2,1-4H3,(H,21,25). The topological polar surface area (TPSA) is 75.7 Å². The van der Waals surface area contributed by atoms with Crippen LogP contribution in [0.2, 0.25) is 5.02 Å². The highest BCUT2D eigenvalue weighted by atomic mass is 35.5. The van der Waals surface area contributed by atoms with Crippen LogP contribution in [0, 0.1) is 6.92 Å². The summed E-state index contributed by atoms with van der Waals surface area (Å²) in [7, 11) is 0. The Morgan fingerprint density at radius 3 is 2.69 bits per heavy atom. The second kappa shape index (κ2) is 8.08. The van der Waals surface area contributed by atoms with Crippen molar-refractivity contribution in [2.75, 3.05) is 13.1 Å². The molecular weight excluding hydrogens is 356 g/mol. The minimum Gasteiger partial charge on any atom is -0.444 e. The second-order valence-corrected chi connectivity index (χ2v) is 7.75. The van der Waals surface area contributed by atoms with E-state index in [4.69, 9.17) is 16.3 Å². The lowest BCUT2D eigenvalue weighted by Gasteiger charge is -2.25. The van der Waals surface area contributed by atoms with Crippen molar-refractivity contribution < 1.29 is 19.1 Å². The highest BCUT2D eigenvalue weighted by Crippen LogP contribution is 2.26. The fraction of sp³-hybridized carbons (Fsp3) is 0.526. The van der Waals surface area contributed by atoms with Gasteiger partial charge in [-0.15, -0.1) is 0 Å². The monoisotopic (exact) mass is 380 g/mol. The molecule has 2 rings (SSSR count). The van der Waals surface area contributed by atoms with Gasteiger partial charge < -0.3 is 15.0 Å². The molecule has 6 nitrogen and oxygen atoms in total. The third kappa shape index (κ3) is 4.97. The zero-order valence-electron chi connectivity index (χ0n) is 15.6. The molecule has 142 valence electrons. The molecule has 1 fully saturated rings. The van der Waals surface area contributed by atoms with Gasteiger partial charge >= 0.3 is 6.09 Å². The van der Waals surface area contributed by atoms with Crippen molar-refractivity contribution in [2.24, 2.45) is 0 Å². The van der Waals surface area contributed by atoms with Crippen molar-refractivity contribution in [3.63, 3.8) is 0 Å². The van der Waals surface area contributed by atoms with E-state index >= 15 is 0 Å². The summed E-state index contributed by atoms with van der Waals surface area (Å²) in [6.45, 7) is 7.60. The van der Waals surface area contributed by atoms with E-state index in [9.17, 15) is 14.4 Å². The third-order valence-corrected chi connectivity index (χ3v) is 4.59. The fourth-order valence-corrected chi connectivity index (χ4v) is 3.11. The number of hydrogen-bond donors (Lipinski definition) is 1. The molecule has 26 heavy (non-hydrogen) atoms. The molecule has 1 aromatic rings. The summed E-state index contributed by atoms with van der Waals surface area (Å²) < 4.78 is 5.17. The number of nitrogens with zero attached hydrogens (tertiary/aromatic N) is 1. The van der Waals surface area contributed by atoms with Gasteiger partial charge in [-0.25, -0.2) is 4.79 Å². The normalized spacial score (nSPS) is 17.3. The zero-order chi connectivity index (χ0) is 19.5.